The number of methoxy groups -OCH3 is 1. The summed E-state index contributed by atoms with van der Waals surface area (Å²) in [5, 5.41) is 2.83. The lowest BCUT2D eigenvalue weighted by Gasteiger charge is -2.17. The van der Waals surface area contributed by atoms with Crippen LogP contribution in [0.1, 0.15) is 34.6 Å². The zero-order chi connectivity index (χ0) is 17.9. The van der Waals surface area contributed by atoms with Crippen LogP contribution in [-0.2, 0) is 0 Å². The maximum atomic E-state index is 13.8. The van der Waals surface area contributed by atoms with Crippen LogP contribution in [0.3, 0.4) is 0 Å². The van der Waals surface area contributed by atoms with Crippen molar-refractivity contribution < 1.29 is 13.9 Å². The Hall–Kier alpha value is -2.70. The highest BCUT2D eigenvalue weighted by Crippen LogP contribution is 2.22. The Morgan fingerprint density at radius 2 is 2.08 bits per heavy atom. The highest BCUT2D eigenvalue weighted by Gasteiger charge is 2.16. The maximum Gasteiger partial charge on any atom is 0.255 e. The summed E-state index contributed by atoms with van der Waals surface area (Å²) in [4.78, 5) is 22.6. The standard InChI is InChI=1S/C17H21FN4O2/c1-10(12-6-7-15(24-5)14(18)8-12)20-16(23)13-9-19-17(22(3)4)21-11(13)2/h6-10H,1-5H3,(H,20,23)/t10-/m1/s1. The molecule has 0 bridgehead atoms. The van der Waals surface area contributed by atoms with Gasteiger partial charge in [0, 0.05) is 20.3 Å². The van der Waals surface area contributed by atoms with E-state index < -0.39 is 5.82 Å². The van der Waals surface area contributed by atoms with Crippen LogP contribution in [0.2, 0.25) is 0 Å². The van der Waals surface area contributed by atoms with Crippen LogP contribution < -0.4 is 15.0 Å². The maximum absolute atomic E-state index is 13.8. The molecule has 1 N–H and O–H groups in total. The van der Waals surface area contributed by atoms with Gasteiger partial charge in [0.25, 0.3) is 5.91 Å². The fourth-order valence-electron chi connectivity index (χ4n) is 2.20. The third-order valence-electron chi connectivity index (χ3n) is 3.63. The van der Waals surface area contributed by atoms with Gasteiger partial charge >= 0.3 is 0 Å². The zero-order valence-corrected chi connectivity index (χ0v) is 14.4. The third-order valence-corrected chi connectivity index (χ3v) is 3.63. The number of carbonyl (C=O) groups excluding carboxylic acids is 1. The largest absolute Gasteiger partial charge is 0.494 e. The number of aryl methyl sites for hydroxylation is 1. The summed E-state index contributed by atoms with van der Waals surface area (Å²) in [6.07, 6.45) is 1.49. The predicted molar refractivity (Wildman–Crippen MR) is 89.9 cm³/mol. The highest BCUT2D eigenvalue weighted by atomic mass is 19.1. The molecule has 0 fully saturated rings. The van der Waals surface area contributed by atoms with E-state index in [1.54, 1.807) is 24.8 Å². The van der Waals surface area contributed by atoms with Crippen LogP contribution in [0.5, 0.6) is 5.75 Å². The Morgan fingerprint density at radius 3 is 2.62 bits per heavy atom. The van der Waals surface area contributed by atoms with Crippen LogP contribution in [0.15, 0.2) is 24.4 Å². The minimum atomic E-state index is -0.467. The molecule has 1 heterocycles. The molecule has 1 atom stereocenters. The van der Waals surface area contributed by atoms with E-state index in [0.717, 1.165) is 0 Å². The van der Waals surface area contributed by atoms with Gasteiger partial charge in [-0.1, -0.05) is 6.07 Å². The minimum absolute atomic E-state index is 0.167. The van der Waals surface area contributed by atoms with Crippen LogP contribution in [0.25, 0.3) is 0 Å². The molecule has 0 saturated heterocycles. The summed E-state index contributed by atoms with van der Waals surface area (Å²) < 4.78 is 18.7. The van der Waals surface area contributed by atoms with Crippen LogP contribution in [-0.4, -0.2) is 37.1 Å². The molecule has 1 aromatic heterocycles. The number of hydrogen-bond acceptors (Lipinski definition) is 5. The van der Waals surface area contributed by atoms with E-state index in [1.165, 1.54) is 25.4 Å². The topological polar surface area (TPSA) is 67.3 Å². The van der Waals surface area contributed by atoms with Gasteiger partial charge in [0.15, 0.2) is 11.6 Å². The van der Waals surface area contributed by atoms with Gasteiger partial charge < -0.3 is 15.0 Å². The van der Waals surface area contributed by atoms with Gasteiger partial charge in [0.2, 0.25) is 5.95 Å². The second-order valence-corrected chi connectivity index (χ2v) is 5.65. The molecule has 2 rings (SSSR count). The molecular formula is C17H21FN4O2. The van der Waals surface area contributed by atoms with Gasteiger partial charge in [-0.25, -0.2) is 14.4 Å². The molecule has 0 aliphatic rings. The van der Waals surface area contributed by atoms with Crippen LogP contribution in [0, 0.1) is 12.7 Å². The number of benzene rings is 1. The summed E-state index contributed by atoms with van der Waals surface area (Å²) in [5.74, 6) is -0.0670. The zero-order valence-electron chi connectivity index (χ0n) is 14.4. The first-order chi connectivity index (χ1) is 11.3. The van der Waals surface area contributed by atoms with Crippen molar-refractivity contribution in [3.05, 3.63) is 47.0 Å². The van der Waals surface area contributed by atoms with Crippen molar-refractivity contribution in [3.8, 4) is 5.75 Å². The first-order valence-corrected chi connectivity index (χ1v) is 7.48. The lowest BCUT2D eigenvalue weighted by Crippen LogP contribution is -2.28. The SMILES string of the molecule is COc1ccc([C@@H](C)NC(=O)c2cnc(N(C)C)nc2C)cc1F. The number of aromatic nitrogens is 2. The number of anilines is 1. The van der Waals surface area contributed by atoms with Gasteiger partial charge in [-0.05, 0) is 31.5 Å². The van der Waals surface area contributed by atoms with Crippen molar-refractivity contribution in [1.29, 1.82) is 0 Å². The molecule has 0 spiro atoms. The normalized spacial score (nSPS) is 11.8. The van der Waals surface area contributed by atoms with Crippen molar-refractivity contribution in [1.82, 2.24) is 15.3 Å². The van der Waals surface area contributed by atoms with E-state index in [1.807, 2.05) is 14.1 Å². The second kappa shape index (κ2) is 7.25. The Labute approximate surface area is 140 Å². The lowest BCUT2D eigenvalue weighted by molar-refractivity contribution is 0.0938. The van der Waals surface area contributed by atoms with Crippen molar-refractivity contribution in [2.75, 3.05) is 26.1 Å². The molecule has 0 radical (unpaired) electrons. The molecule has 7 heteroatoms. The third kappa shape index (κ3) is 3.79. The van der Waals surface area contributed by atoms with Gasteiger partial charge in [-0.15, -0.1) is 0 Å². The number of hydrogen-bond donors (Lipinski definition) is 1. The van der Waals surface area contributed by atoms with Crippen molar-refractivity contribution >= 4 is 11.9 Å². The molecule has 0 aliphatic heterocycles. The summed E-state index contributed by atoms with van der Waals surface area (Å²) in [6, 6.07) is 4.23. The number of carbonyl (C=O) groups is 1. The number of nitrogens with one attached hydrogen (secondary N) is 1. The molecule has 0 aliphatic carbocycles. The molecule has 24 heavy (non-hydrogen) atoms. The van der Waals surface area contributed by atoms with Crippen molar-refractivity contribution in [2.24, 2.45) is 0 Å². The highest BCUT2D eigenvalue weighted by molar-refractivity contribution is 5.95. The van der Waals surface area contributed by atoms with E-state index >= 15 is 0 Å². The Balaban J connectivity index is 2.15. The number of nitrogens with zero attached hydrogens (tertiary/aromatic N) is 3. The summed E-state index contributed by atoms with van der Waals surface area (Å²) in [5.41, 5.74) is 1.62. The Bertz CT molecular complexity index is 749. The predicted octanol–water partition coefficient (Wildman–Crippen LogP) is 2.49. The second-order valence-electron chi connectivity index (χ2n) is 5.65. The van der Waals surface area contributed by atoms with Crippen molar-refractivity contribution in [3.63, 3.8) is 0 Å². The monoisotopic (exact) mass is 332 g/mol. The molecule has 2 aromatic rings. The number of halogens is 1. The van der Waals surface area contributed by atoms with E-state index in [0.29, 0.717) is 22.8 Å². The lowest BCUT2D eigenvalue weighted by atomic mass is 10.1. The number of rotatable bonds is 5. The van der Waals surface area contributed by atoms with Gasteiger partial charge in [-0.2, -0.15) is 0 Å². The summed E-state index contributed by atoms with van der Waals surface area (Å²) in [6.45, 7) is 3.53. The Kier molecular flexibility index (Phi) is 5.33. The van der Waals surface area contributed by atoms with E-state index in [2.05, 4.69) is 15.3 Å². The molecule has 128 valence electrons. The average molecular weight is 332 g/mol. The fraction of sp³-hybridized carbons (Fsp3) is 0.353. The van der Waals surface area contributed by atoms with Gasteiger partial charge in [0.05, 0.1) is 24.4 Å². The number of amides is 1. The quantitative estimate of drug-likeness (QED) is 0.911. The first kappa shape index (κ1) is 17.7. The smallest absolute Gasteiger partial charge is 0.255 e. The number of ether oxygens (including phenoxy) is 1. The molecular weight excluding hydrogens is 311 g/mol. The van der Waals surface area contributed by atoms with Crippen molar-refractivity contribution in [2.45, 2.75) is 19.9 Å². The van der Waals surface area contributed by atoms with Gasteiger partial charge in [-0.3, -0.25) is 4.79 Å². The molecule has 1 amide bonds. The molecule has 6 nitrogen and oxygen atoms in total. The van der Waals surface area contributed by atoms with Gasteiger partial charge in [0.1, 0.15) is 0 Å². The average Bonchev–Trinajstić information content (AvgIpc) is 2.54. The van der Waals surface area contributed by atoms with E-state index in [-0.39, 0.29) is 17.7 Å². The molecule has 1 aromatic carbocycles. The van der Waals surface area contributed by atoms with Crippen LogP contribution >= 0.6 is 0 Å². The summed E-state index contributed by atoms with van der Waals surface area (Å²) >= 11 is 0. The molecule has 0 saturated carbocycles. The van der Waals surface area contributed by atoms with E-state index in [9.17, 15) is 9.18 Å². The first-order valence-electron chi connectivity index (χ1n) is 7.48. The summed E-state index contributed by atoms with van der Waals surface area (Å²) in [7, 11) is 5.06. The fourth-order valence-corrected chi connectivity index (χ4v) is 2.20. The van der Waals surface area contributed by atoms with Crippen LogP contribution in [0.4, 0.5) is 10.3 Å². The minimum Gasteiger partial charge on any atom is -0.494 e. The molecule has 0 unspecified atom stereocenters. The Morgan fingerprint density at radius 1 is 1.38 bits per heavy atom. The van der Waals surface area contributed by atoms with E-state index in [4.69, 9.17) is 4.74 Å².